The number of hydrogen-bond donors (Lipinski definition) is 0. The molecule has 0 aromatic heterocycles. The maximum atomic E-state index is 11.9. The van der Waals surface area contributed by atoms with Crippen molar-refractivity contribution in [2.45, 2.75) is 400 Å². The third-order valence-corrected chi connectivity index (χ3v) is 15.0. The first-order valence-corrected chi connectivity index (χ1v) is 32.9. The summed E-state index contributed by atoms with van der Waals surface area (Å²) in [6.45, 7) is 10.4. The van der Waals surface area contributed by atoms with Gasteiger partial charge >= 0.3 is 11.9 Å². The van der Waals surface area contributed by atoms with Crippen LogP contribution in [0, 0.1) is 0 Å². The van der Waals surface area contributed by atoms with E-state index in [0.29, 0.717) is 26.1 Å². The second kappa shape index (κ2) is 67.9. The van der Waals surface area contributed by atoms with Crippen LogP contribution in [0.4, 0.5) is 0 Å². The lowest BCUT2D eigenvalue weighted by Gasteiger charge is -2.06. The van der Waals surface area contributed by atoms with E-state index in [1.54, 1.807) is 0 Å². The molecule has 0 saturated carbocycles. The third-order valence-electron chi connectivity index (χ3n) is 15.0. The first-order chi connectivity index (χ1) is 34.6. The number of esters is 2. The van der Waals surface area contributed by atoms with Crippen molar-refractivity contribution in [1.82, 2.24) is 0 Å². The normalized spacial score (nSPS) is 11.3. The summed E-state index contributed by atoms with van der Waals surface area (Å²) in [5.74, 6) is 0.0518. The van der Waals surface area contributed by atoms with E-state index in [4.69, 9.17) is 9.47 Å². The summed E-state index contributed by atoms with van der Waals surface area (Å²) in [7, 11) is 0. The molecule has 70 heavy (non-hydrogen) atoms. The monoisotopic (exact) mass is 989 g/mol. The number of carbonyl (C=O) groups is 2. The van der Waals surface area contributed by atoms with Crippen LogP contribution in [0.3, 0.4) is 0 Å². The van der Waals surface area contributed by atoms with Gasteiger partial charge in [-0.05, 0) is 25.7 Å². The molecule has 0 amide bonds. The van der Waals surface area contributed by atoms with Crippen LogP contribution >= 0.6 is 0 Å². The van der Waals surface area contributed by atoms with Gasteiger partial charge in [-0.1, -0.05) is 362 Å². The lowest BCUT2D eigenvalue weighted by molar-refractivity contribution is -0.144. The van der Waals surface area contributed by atoms with Gasteiger partial charge in [0.15, 0.2) is 0 Å². The predicted octanol–water partition coefficient (Wildman–Crippen LogP) is 23.8. The van der Waals surface area contributed by atoms with Crippen LogP contribution in [0.1, 0.15) is 400 Å². The van der Waals surface area contributed by atoms with Crippen molar-refractivity contribution in [2.75, 3.05) is 13.2 Å². The fourth-order valence-corrected chi connectivity index (χ4v) is 10.0. The summed E-state index contributed by atoms with van der Waals surface area (Å²) in [5.41, 5.74) is 0. The summed E-state index contributed by atoms with van der Waals surface area (Å²) < 4.78 is 10.8. The van der Waals surface area contributed by atoms with E-state index in [1.807, 2.05) is 0 Å². The van der Waals surface area contributed by atoms with E-state index in [9.17, 15) is 9.59 Å². The van der Waals surface area contributed by atoms with Gasteiger partial charge in [0.2, 0.25) is 0 Å². The van der Waals surface area contributed by atoms with Crippen molar-refractivity contribution >= 4 is 11.9 Å². The fourth-order valence-electron chi connectivity index (χ4n) is 10.0. The second-order valence-corrected chi connectivity index (χ2v) is 22.3. The minimum atomic E-state index is 0.0249. The molecule has 0 unspecified atom stereocenters. The molecule has 0 aliphatic carbocycles. The van der Waals surface area contributed by atoms with E-state index < -0.39 is 0 Å². The zero-order chi connectivity index (χ0) is 51.0. The Morgan fingerprint density at radius 1 is 0.186 bits per heavy atom. The van der Waals surface area contributed by atoms with Gasteiger partial charge in [-0.15, -0.1) is 0 Å². The van der Waals surface area contributed by atoms with E-state index >= 15 is 0 Å². The van der Waals surface area contributed by atoms with Gasteiger partial charge in [0.1, 0.15) is 0 Å². The topological polar surface area (TPSA) is 52.6 Å². The van der Waals surface area contributed by atoms with Gasteiger partial charge in [-0.2, -0.15) is 0 Å². The van der Waals surface area contributed by atoms with Crippen LogP contribution in [0.25, 0.3) is 0 Å². The Balaban J connectivity index is 0. The fraction of sp³-hybridized carbons (Fsp3) is 0.970. The van der Waals surface area contributed by atoms with Gasteiger partial charge in [-0.3, -0.25) is 9.59 Å². The Bertz CT molecular complexity index is 933. The van der Waals surface area contributed by atoms with Crippen LogP contribution in [-0.2, 0) is 19.1 Å². The lowest BCUT2D eigenvalue weighted by Crippen LogP contribution is -2.05. The SMILES string of the molecule is CCCCCCCCCCCCCCCCCCOC(=O)CCCCCCCCCCCCC.CCCCCCCCCCCCCCCCCCOC(=O)CCCCCCCCCCCCCCC. The molecule has 0 aromatic carbocycles. The molecule has 0 rings (SSSR count). The average molecular weight is 990 g/mol. The smallest absolute Gasteiger partial charge is 0.305 e. The molecule has 0 aliphatic rings. The summed E-state index contributed by atoms with van der Waals surface area (Å²) >= 11 is 0. The quantitative estimate of drug-likeness (QED) is 0.0450. The van der Waals surface area contributed by atoms with E-state index in [0.717, 1.165) is 25.7 Å². The van der Waals surface area contributed by atoms with Crippen LogP contribution < -0.4 is 0 Å². The van der Waals surface area contributed by atoms with Gasteiger partial charge in [0.25, 0.3) is 0 Å². The summed E-state index contributed by atoms with van der Waals surface area (Å²) in [6, 6.07) is 0. The summed E-state index contributed by atoms with van der Waals surface area (Å²) in [6.07, 6.45) is 77.3. The average Bonchev–Trinajstić information content (AvgIpc) is 3.36. The Labute approximate surface area is 442 Å². The molecule has 0 saturated heterocycles. The maximum absolute atomic E-state index is 11.9. The van der Waals surface area contributed by atoms with Crippen molar-refractivity contribution in [3.63, 3.8) is 0 Å². The number of unbranched alkanes of at least 4 members (excludes halogenated alkanes) is 52. The first-order valence-electron chi connectivity index (χ1n) is 32.9. The molecule has 0 aromatic rings. The van der Waals surface area contributed by atoms with Crippen LogP contribution in [0.15, 0.2) is 0 Å². The molecule has 0 heterocycles. The Morgan fingerprint density at radius 3 is 0.471 bits per heavy atom. The van der Waals surface area contributed by atoms with Crippen molar-refractivity contribution in [3.8, 4) is 0 Å². The van der Waals surface area contributed by atoms with E-state index in [1.165, 1.54) is 334 Å². The standard InChI is InChI=1S/C34H68O2.C32H64O2/c1-3-5-7-9-11-13-15-17-18-19-21-23-25-27-29-31-33-36-34(35)32-30-28-26-24-22-20-16-14-12-10-8-6-4-2;1-3-5-7-9-11-13-15-16-17-18-19-21-23-25-27-29-31-34-32(33)30-28-26-24-22-20-14-12-10-8-6-4-2/h3-33H2,1-2H3;3-31H2,1-2H3. The number of rotatable bonds is 60. The molecular formula is C66H132O4. The first kappa shape index (κ1) is 71.0. The van der Waals surface area contributed by atoms with Crippen molar-refractivity contribution in [2.24, 2.45) is 0 Å². The zero-order valence-electron chi connectivity index (χ0n) is 49.1. The molecule has 0 N–H and O–H groups in total. The molecule has 420 valence electrons. The van der Waals surface area contributed by atoms with Crippen molar-refractivity contribution in [1.29, 1.82) is 0 Å². The predicted molar refractivity (Wildman–Crippen MR) is 312 cm³/mol. The van der Waals surface area contributed by atoms with Gasteiger partial charge < -0.3 is 9.47 Å². The summed E-state index contributed by atoms with van der Waals surface area (Å²) in [4.78, 5) is 23.7. The molecule has 0 spiro atoms. The summed E-state index contributed by atoms with van der Waals surface area (Å²) in [5, 5.41) is 0. The molecule has 0 radical (unpaired) electrons. The maximum Gasteiger partial charge on any atom is 0.305 e. The van der Waals surface area contributed by atoms with Gasteiger partial charge in [0, 0.05) is 12.8 Å². The Hall–Kier alpha value is -1.06. The van der Waals surface area contributed by atoms with Crippen LogP contribution in [0.2, 0.25) is 0 Å². The minimum absolute atomic E-state index is 0.0249. The number of hydrogen-bond acceptors (Lipinski definition) is 4. The number of ether oxygens (including phenoxy) is 2. The highest BCUT2D eigenvalue weighted by Crippen LogP contribution is 2.18. The molecule has 4 heteroatoms. The molecule has 0 bridgehead atoms. The van der Waals surface area contributed by atoms with Gasteiger partial charge in [-0.25, -0.2) is 0 Å². The molecular weight excluding hydrogens is 857 g/mol. The van der Waals surface area contributed by atoms with E-state index in [2.05, 4.69) is 27.7 Å². The van der Waals surface area contributed by atoms with Crippen LogP contribution in [0.5, 0.6) is 0 Å². The highest BCUT2D eigenvalue weighted by Gasteiger charge is 2.05. The zero-order valence-corrected chi connectivity index (χ0v) is 49.1. The van der Waals surface area contributed by atoms with Crippen LogP contribution in [-0.4, -0.2) is 25.2 Å². The number of carbonyl (C=O) groups excluding carboxylic acids is 2. The van der Waals surface area contributed by atoms with Crippen molar-refractivity contribution in [3.05, 3.63) is 0 Å². The highest BCUT2D eigenvalue weighted by atomic mass is 16.5. The second-order valence-electron chi connectivity index (χ2n) is 22.3. The molecule has 0 aliphatic heterocycles. The molecule has 0 fully saturated rings. The Morgan fingerprint density at radius 2 is 0.314 bits per heavy atom. The molecule has 4 nitrogen and oxygen atoms in total. The van der Waals surface area contributed by atoms with Crippen molar-refractivity contribution < 1.29 is 19.1 Å². The third kappa shape index (κ3) is 69.0. The van der Waals surface area contributed by atoms with E-state index in [-0.39, 0.29) is 11.9 Å². The Kier molecular flexibility index (Phi) is 68.9. The molecule has 0 atom stereocenters. The minimum Gasteiger partial charge on any atom is -0.466 e. The van der Waals surface area contributed by atoms with Gasteiger partial charge in [0.05, 0.1) is 13.2 Å². The lowest BCUT2D eigenvalue weighted by atomic mass is 10.0. The highest BCUT2D eigenvalue weighted by molar-refractivity contribution is 5.69. The largest absolute Gasteiger partial charge is 0.466 e.